The predicted molar refractivity (Wildman–Crippen MR) is 83.8 cm³/mol. The highest BCUT2D eigenvalue weighted by Crippen LogP contribution is 2.23. The fourth-order valence-corrected chi connectivity index (χ4v) is 2.63. The van der Waals surface area contributed by atoms with Crippen LogP contribution >= 0.6 is 0 Å². The van der Waals surface area contributed by atoms with Gasteiger partial charge < -0.3 is 19.5 Å². The molecule has 0 aromatic carbocycles. The average molecular weight is 300 g/mol. The number of carbonyl (C=O) groups excluding carboxylic acids is 1. The number of nitrogens with zero attached hydrogens (tertiary/aromatic N) is 3. The molecule has 6 heteroatoms. The van der Waals surface area contributed by atoms with Crippen LogP contribution in [-0.2, 0) is 11.8 Å². The number of morpholine rings is 1. The molecule has 0 saturated carbocycles. The smallest absolute Gasteiger partial charge is 0.270 e. The minimum absolute atomic E-state index is 0.0329. The minimum atomic E-state index is -0.189. The first-order chi connectivity index (χ1) is 10.7. The van der Waals surface area contributed by atoms with Crippen LogP contribution in [0.25, 0.3) is 0 Å². The van der Waals surface area contributed by atoms with Crippen molar-refractivity contribution in [3.63, 3.8) is 0 Å². The second kappa shape index (κ2) is 6.19. The van der Waals surface area contributed by atoms with Crippen molar-refractivity contribution in [3.8, 4) is 0 Å². The Kier molecular flexibility index (Phi) is 4.11. The Morgan fingerprint density at radius 3 is 2.95 bits per heavy atom. The molecular formula is C16H20N4O2. The Morgan fingerprint density at radius 1 is 1.36 bits per heavy atom. The topological polar surface area (TPSA) is 59.4 Å². The lowest BCUT2D eigenvalue weighted by Gasteiger charge is -2.32. The number of hydrogen-bond donors (Lipinski definition) is 1. The Morgan fingerprint density at radius 2 is 2.23 bits per heavy atom. The maximum atomic E-state index is 12.6. The van der Waals surface area contributed by atoms with Gasteiger partial charge in [0.05, 0.1) is 18.8 Å². The minimum Gasteiger partial charge on any atom is -0.373 e. The molecule has 2 aromatic heterocycles. The molecule has 0 spiro atoms. The van der Waals surface area contributed by atoms with E-state index in [-0.39, 0.29) is 12.0 Å². The molecule has 0 bridgehead atoms. The summed E-state index contributed by atoms with van der Waals surface area (Å²) < 4.78 is 7.64. The lowest BCUT2D eigenvalue weighted by molar-refractivity contribution is -0.0249. The van der Waals surface area contributed by atoms with E-state index in [9.17, 15) is 4.79 Å². The number of nitrogens with one attached hydrogen (secondary N) is 1. The van der Waals surface area contributed by atoms with Gasteiger partial charge in [-0.3, -0.25) is 4.79 Å². The summed E-state index contributed by atoms with van der Waals surface area (Å²) >= 11 is 0. The van der Waals surface area contributed by atoms with E-state index in [1.54, 1.807) is 0 Å². The van der Waals surface area contributed by atoms with E-state index >= 15 is 0 Å². The van der Waals surface area contributed by atoms with Gasteiger partial charge in [0.15, 0.2) is 0 Å². The molecule has 1 aliphatic rings. The summed E-state index contributed by atoms with van der Waals surface area (Å²) in [6.45, 7) is 1.64. The van der Waals surface area contributed by atoms with Crippen LogP contribution in [0.5, 0.6) is 0 Å². The number of amides is 1. The number of ether oxygens (including phenoxy) is 1. The first kappa shape index (κ1) is 14.6. The fraction of sp³-hybridized carbons (Fsp3) is 0.375. The summed E-state index contributed by atoms with van der Waals surface area (Å²) in [6.07, 6.45) is 1.69. The fourth-order valence-electron chi connectivity index (χ4n) is 2.63. The van der Waals surface area contributed by atoms with Crippen molar-refractivity contribution in [2.75, 3.05) is 32.1 Å². The van der Waals surface area contributed by atoms with Crippen LogP contribution in [0.15, 0.2) is 36.5 Å². The molecule has 1 N–H and O–H groups in total. The maximum absolute atomic E-state index is 12.6. The molecular weight excluding hydrogens is 280 g/mol. The standard InChI is InChI=1S/C16H20N4O2/c1-17-15-7-3-5-12(18-15)14-11-20(9-10-22-14)16(21)13-6-4-8-19(13)2/h3-8,14H,9-11H2,1-2H3,(H,17,18)/t14-/m1/s1. The van der Waals surface area contributed by atoms with Crippen molar-refractivity contribution in [1.82, 2.24) is 14.5 Å². The Hall–Kier alpha value is -2.34. The van der Waals surface area contributed by atoms with Gasteiger partial charge >= 0.3 is 0 Å². The Labute approximate surface area is 129 Å². The van der Waals surface area contributed by atoms with Crippen LogP contribution in [0.1, 0.15) is 22.3 Å². The quantitative estimate of drug-likeness (QED) is 0.937. The summed E-state index contributed by atoms with van der Waals surface area (Å²) in [5, 5.41) is 3.02. The van der Waals surface area contributed by atoms with Gasteiger partial charge in [-0.25, -0.2) is 4.98 Å². The molecule has 1 saturated heterocycles. The summed E-state index contributed by atoms with van der Waals surface area (Å²) in [5.74, 6) is 0.831. The predicted octanol–water partition coefficient (Wildman–Crippen LogP) is 1.68. The molecule has 1 fully saturated rings. The van der Waals surface area contributed by atoms with Crippen molar-refractivity contribution >= 4 is 11.7 Å². The van der Waals surface area contributed by atoms with Crippen molar-refractivity contribution in [2.45, 2.75) is 6.10 Å². The summed E-state index contributed by atoms with van der Waals surface area (Å²) in [4.78, 5) is 18.9. The molecule has 22 heavy (non-hydrogen) atoms. The molecule has 1 aliphatic heterocycles. The van der Waals surface area contributed by atoms with Gasteiger partial charge in [-0.1, -0.05) is 6.07 Å². The van der Waals surface area contributed by atoms with E-state index in [0.29, 0.717) is 25.4 Å². The Bertz CT molecular complexity index is 668. The molecule has 3 rings (SSSR count). The number of rotatable bonds is 3. The van der Waals surface area contributed by atoms with Gasteiger partial charge in [0.25, 0.3) is 5.91 Å². The van der Waals surface area contributed by atoms with Crippen LogP contribution in [0.4, 0.5) is 5.82 Å². The summed E-state index contributed by atoms with van der Waals surface area (Å²) in [6, 6.07) is 9.49. The molecule has 0 radical (unpaired) electrons. The van der Waals surface area contributed by atoms with Crippen LogP contribution in [-0.4, -0.2) is 47.1 Å². The van der Waals surface area contributed by atoms with Crippen LogP contribution in [0, 0.1) is 0 Å². The van der Waals surface area contributed by atoms with Gasteiger partial charge in [0.1, 0.15) is 17.6 Å². The number of aromatic nitrogens is 2. The highest BCUT2D eigenvalue weighted by atomic mass is 16.5. The second-order valence-corrected chi connectivity index (χ2v) is 5.31. The van der Waals surface area contributed by atoms with Crippen LogP contribution < -0.4 is 5.32 Å². The Balaban J connectivity index is 1.76. The number of hydrogen-bond acceptors (Lipinski definition) is 4. The highest BCUT2D eigenvalue weighted by molar-refractivity contribution is 5.92. The molecule has 116 valence electrons. The largest absolute Gasteiger partial charge is 0.373 e. The monoisotopic (exact) mass is 300 g/mol. The van der Waals surface area contributed by atoms with Crippen LogP contribution in [0.3, 0.4) is 0 Å². The van der Waals surface area contributed by atoms with Crippen LogP contribution in [0.2, 0.25) is 0 Å². The normalized spacial score (nSPS) is 18.3. The van der Waals surface area contributed by atoms with Crippen molar-refractivity contribution in [2.24, 2.45) is 7.05 Å². The van der Waals surface area contributed by atoms with E-state index in [4.69, 9.17) is 4.74 Å². The van der Waals surface area contributed by atoms with Gasteiger partial charge in [0.2, 0.25) is 0 Å². The van der Waals surface area contributed by atoms with E-state index in [1.807, 2.05) is 60.1 Å². The number of aryl methyl sites for hydroxylation is 1. The van der Waals surface area contributed by atoms with Gasteiger partial charge in [-0.05, 0) is 24.3 Å². The zero-order valence-electron chi connectivity index (χ0n) is 12.8. The molecule has 0 unspecified atom stereocenters. The molecule has 3 heterocycles. The number of carbonyl (C=O) groups is 1. The van der Waals surface area contributed by atoms with Crippen molar-refractivity contribution in [3.05, 3.63) is 47.9 Å². The first-order valence-electron chi connectivity index (χ1n) is 7.36. The second-order valence-electron chi connectivity index (χ2n) is 5.31. The lowest BCUT2D eigenvalue weighted by atomic mass is 10.1. The van der Waals surface area contributed by atoms with Crippen molar-refractivity contribution in [1.29, 1.82) is 0 Å². The van der Waals surface area contributed by atoms with Gasteiger partial charge in [-0.15, -0.1) is 0 Å². The number of pyridine rings is 1. The van der Waals surface area contributed by atoms with Crippen molar-refractivity contribution < 1.29 is 9.53 Å². The van der Waals surface area contributed by atoms with Gasteiger partial charge in [-0.2, -0.15) is 0 Å². The molecule has 1 amide bonds. The lowest BCUT2D eigenvalue weighted by Crippen LogP contribution is -2.43. The molecule has 1 atom stereocenters. The van der Waals surface area contributed by atoms with E-state index in [2.05, 4.69) is 10.3 Å². The third-order valence-corrected chi connectivity index (χ3v) is 3.87. The zero-order valence-corrected chi connectivity index (χ0v) is 12.8. The summed E-state index contributed by atoms with van der Waals surface area (Å²) in [5.41, 5.74) is 1.54. The maximum Gasteiger partial charge on any atom is 0.270 e. The molecule has 0 aliphatic carbocycles. The zero-order chi connectivity index (χ0) is 15.5. The highest BCUT2D eigenvalue weighted by Gasteiger charge is 2.27. The van der Waals surface area contributed by atoms with E-state index in [1.165, 1.54) is 0 Å². The average Bonchev–Trinajstić information content (AvgIpc) is 3.00. The van der Waals surface area contributed by atoms with E-state index < -0.39 is 0 Å². The third-order valence-electron chi connectivity index (χ3n) is 3.87. The number of anilines is 1. The van der Waals surface area contributed by atoms with E-state index in [0.717, 1.165) is 11.5 Å². The van der Waals surface area contributed by atoms with Gasteiger partial charge in [0, 0.05) is 26.8 Å². The SMILES string of the molecule is CNc1cccc([C@H]2CN(C(=O)c3cccn3C)CCO2)n1. The first-order valence-corrected chi connectivity index (χ1v) is 7.36. The molecule has 6 nitrogen and oxygen atoms in total. The summed E-state index contributed by atoms with van der Waals surface area (Å²) in [7, 11) is 3.71. The molecule has 2 aromatic rings. The third kappa shape index (κ3) is 2.82.